The molecular formula is C24H27N3O4. The van der Waals surface area contributed by atoms with Crippen molar-refractivity contribution < 1.29 is 18.8 Å². The summed E-state index contributed by atoms with van der Waals surface area (Å²) in [5.41, 5.74) is 2.15. The molecular weight excluding hydrogens is 394 g/mol. The van der Waals surface area contributed by atoms with Crippen molar-refractivity contribution in [3.63, 3.8) is 0 Å². The first kappa shape index (κ1) is 21.1. The number of carbonyl (C=O) groups is 1. The van der Waals surface area contributed by atoms with Gasteiger partial charge < -0.3 is 19.3 Å². The highest BCUT2D eigenvalue weighted by atomic mass is 16.5. The molecule has 1 N–H and O–H groups in total. The lowest BCUT2D eigenvalue weighted by atomic mass is 10.1. The summed E-state index contributed by atoms with van der Waals surface area (Å²) in [5.74, 6) is 1.07. The van der Waals surface area contributed by atoms with Gasteiger partial charge in [-0.15, -0.1) is 0 Å². The Bertz CT molecular complexity index is 966. The van der Waals surface area contributed by atoms with Gasteiger partial charge in [0.05, 0.1) is 25.9 Å². The number of nitrogens with one attached hydrogen (secondary N) is 1. The van der Waals surface area contributed by atoms with E-state index in [2.05, 4.69) is 15.4 Å². The number of hydrogen-bond donors (Lipinski definition) is 1. The van der Waals surface area contributed by atoms with Gasteiger partial charge in [-0.1, -0.05) is 35.5 Å². The van der Waals surface area contributed by atoms with Crippen LogP contribution in [-0.4, -0.2) is 55.4 Å². The van der Waals surface area contributed by atoms with E-state index in [1.54, 1.807) is 6.07 Å². The normalized spacial score (nSPS) is 15.4. The quantitative estimate of drug-likeness (QED) is 0.600. The third kappa shape index (κ3) is 5.51. The van der Waals surface area contributed by atoms with Crippen LogP contribution in [-0.2, 0) is 4.74 Å². The second-order valence-corrected chi connectivity index (χ2v) is 7.38. The average Bonchev–Trinajstić information content (AvgIpc) is 3.31. The van der Waals surface area contributed by atoms with Crippen LogP contribution in [0.1, 0.15) is 29.0 Å². The molecule has 0 spiro atoms. The Balaban J connectivity index is 1.46. The molecule has 1 atom stereocenters. The summed E-state index contributed by atoms with van der Waals surface area (Å²) in [6.45, 7) is 6.39. The zero-order valence-electron chi connectivity index (χ0n) is 17.6. The van der Waals surface area contributed by atoms with Crippen LogP contribution >= 0.6 is 0 Å². The molecule has 3 aromatic rings. The van der Waals surface area contributed by atoms with Crippen molar-refractivity contribution in [3.05, 3.63) is 71.9 Å². The van der Waals surface area contributed by atoms with Crippen molar-refractivity contribution in [1.82, 2.24) is 15.4 Å². The smallest absolute Gasteiger partial charge is 0.274 e. The standard InChI is InChI=1S/C24H27N3O4/c1-2-30-20-10-8-19(9-11-20)23-16-21(26-31-23)24(28)25-22(18-6-4-3-5-7-18)17-27-12-14-29-15-13-27/h3-11,16,22H,2,12-15,17H2,1H3,(H,25,28). The van der Waals surface area contributed by atoms with E-state index in [9.17, 15) is 4.79 Å². The topological polar surface area (TPSA) is 76.8 Å². The Kier molecular flexibility index (Phi) is 6.96. The molecule has 0 aliphatic carbocycles. The number of ether oxygens (including phenoxy) is 2. The maximum atomic E-state index is 13.0. The van der Waals surface area contributed by atoms with E-state index in [0.29, 0.717) is 32.1 Å². The van der Waals surface area contributed by atoms with E-state index in [4.69, 9.17) is 14.0 Å². The predicted molar refractivity (Wildman–Crippen MR) is 117 cm³/mol. The zero-order valence-corrected chi connectivity index (χ0v) is 17.6. The maximum Gasteiger partial charge on any atom is 0.274 e. The number of aromatic nitrogens is 1. The third-order valence-electron chi connectivity index (χ3n) is 5.24. The lowest BCUT2D eigenvalue weighted by molar-refractivity contribution is 0.0332. The third-order valence-corrected chi connectivity index (χ3v) is 5.24. The summed E-state index contributed by atoms with van der Waals surface area (Å²) in [5, 5.41) is 7.12. The van der Waals surface area contributed by atoms with Gasteiger partial charge in [0.25, 0.3) is 5.91 Å². The second-order valence-electron chi connectivity index (χ2n) is 7.38. The SMILES string of the molecule is CCOc1ccc(-c2cc(C(=O)NC(CN3CCOCC3)c3ccccc3)no2)cc1. The van der Waals surface area contributed by atoms with Gasteiger partial charge in [-0.3, -0.25) is 9.69 Å². The summed E-state index contributed by atoms with van der Waals surface area (Å²) in [6, 6.07) is 19.0. The molecule has 0 radical (unpaired) electrons. The Morgan fingerprint density at radius 3 is 2.58 bits per heavy atom. The molecule has 162 valence electrons. The molecule has 1 aromatic heterocycles. The molecule has 1 aliphatic rings. The first-order chi connectivity index (χ1) is 15.2. The number of hydrogen-bond acceptors (Lipinski definition) is 6. The van der Waals surface area contributed by atoms with Crippen molar-refractivity contribution in [3.8, 4) is 17.1 Å². The second kappa shape index (κ2) is 10.2. The molecule has 7 nitrogen and oxygen atoms in total. The van der Waals surface area contributed by atoms with Gasteiger partial charge in [0.2, 0.25) is 0 Å². The van der Waals surface area contributed by atoms with Gasteiger partial charge in [-0.2, -0.15) is 0 Å². The van der Waals surface area contributed by atoms with E-state index in [-0.39, 0.29) is 17.6 Å². The highest BCUT2D eigenvalue weighted by molar-refractivity contribution is 5.93. The van der Waals surface area contributed by atoms with Crippen LogP contribution in [0.4, 0.5) is 0 Å². The molecule has 1 amide bonds. The zero-order chi connectivity index (χ0) is 21.5. The average molecular weight is 421 g/mol. The van der Waals surface area contributed by atoms with Gasteiger partial charge >= 0.3 is 0 Å². The molecule has 31 heavy (non-hydrogen) atoms. The van der Waals surface area contributed by atoms with Gasteiger partial charge in [0, 0.05) is 31.3 Å². The lowest BCUT2D eigenvalue weighted by Gasteiger charge is -2.31. The molecule has 2 aromatic carbocycles. The van der Waals surface area contributed by atoms with Crippen molar-refractivity contribution in [2.24, 2.45) is 0 Å². The number of carbonyl (C=O) groups excluding carboxylic acids is 1. The Labute approximate surface area is 181 Å². The largest absolute Gasteiger partial charge is 0.494 e. The minimum absolute atomic E-state index is 0.155. The fraction of sp³-hybridized carbons (Fsp3) is 0.333. The van der Waals surface area contributed by atoms with Crippen LogP contribution in [0.5, 0.6) is 5.75 Å². The van der Waals surface area contributed by atoms with Crippen LogP contribution in [0.2, 0.25) is 0 Å². The summed E-state index contributed by atoms with van der Waals surface area (Å²) >= 11 is 0. The molecule has 1 fully saturated rings. The number of benzene rings is 2. The molecule has 4 rings (SSSR count). The van der Waals surface area contributed by atoms with Gasteiger partial charge in [-0.05, 0) is 36.8 Å². The minimum Gasteiger partial charge on any atom is -0.494 e. The van der Waals surface area contributed by atoms with Crippen LogP contribution in [0.3, 0.4) is 0 Å². The van der Waals surface area contributed by atoms with E-state index >= 15 is 0 Å². The maximum absolute atomic E-state index is 13.0. The highest BCUT2D eigenvalue weighted by Gasteiger charge is 2.22. The summed E-state index contributed by atoms with van der Waals surface area (Å²) in [4.78, 5) is 15.3. The van der Waals surface area contributed by atoms with Crippen LogP contribution in [0.15, 0.2) is 65.2 Å². The highest BCUT2D eigenvalue weighted by Crippen LogP contribution is 2.24. The van der Waals surface area contributed by atoms with Crippen molar-refractivity contribution >= 4 is 5.91 Å². The fourth-order valence-electron chi connectivity index (χ4n) is 3.59. The monoisotopic (exact) mass is 421 g/mol. The number of nitrogens with zero attached hydrogens (tertiary/aromatic N) is 2. The molecule has 1 aliphatic heterocycles. The molecule has 7 heteroatoms. The van der Waals surface area contributed by atoms with Crippen LogP contribution in [0, 0.1) is 0 Å². The first-order valence-corrected chi connectivity index (χ1v) is 10.6. The van der Waals surface area contributed by atoms with Crippen molar-refractivity contribution in [2.45, 2.75) is 13.0 Å². The number of rotatable bonds is 8. The van der Waals surface area contributed by atoms with E-state index < -0.39 is 0 Å². The molecule has 1 unspecified atom stereocenters. The Morgan fingerprint density at radius 1 is 1.13 bits per heavy atom. The van der Waals surface area contributed by atoms with Crippen molar-refractivity contribution in [1.29, 1.82) is 0 Å². The summed E-state index contributed by atoms with van der Waals surface area (Å²) in [6.07, 6.45) is 0. The molecule has 0 bridgehead atoms. The van der Waals surface area contributed by atoms with Gasteiger partial charge in [-0.25, -0.2) is 0 Å². The van der Waals surface area contributed by atoms with Crippen LogP contribution in [0.25, 0.3) is 11.3 Å². The summed E-state index contributed by atoms with van der Waals surface area (Å²) < 4.78 is 16.3. The fourth-order valence-corrected chi connectivity index (χ4v) is 3.59. The summed E-state index contributed by atoms with van der Waals surface area (Å²) in [7, 11) is 0. The van der Waals surface area contributed by atoms with E-state index in [0.717, 1.165) is 30.0 Å². The first-order valence-electron chi connectivity index (χ1n) is 10.6. The predicted octanol–water partition coefficient (Wildman–Crippen LogP) is 3.54. The number of amides is 1. The van der Waals surface area contributed by atoms with E-state index in [1.165, 1.54) is 0 Å². The Hall–Kier alpha value is -3.16. The van der Waals surface area contributed by atoms with Crippen LogP contribution < -0.4 is 10.1 Å². The van der Waals surface area contributed by atoms with E-state index in [1.807, 2.05) is 61.5 Å². The van der Waals surface area contributed by atoms with Crippen molar-refractivity contribution in [2.75, 3.05) is 39.5 Å². The lowest BCUT2D eigenvalue weighted by Crippen LogP contribution is -2.43. The van der Waals surface area contributed by atoms with Gasteiger partial charge in [0.15, 0.2) is 11.5 Å². The van der Waals surface area contributed by atoms with Gasteiger partial charge in [0.1, 0.15) is 5.75 Å². The number of morpholine rings is 1. The Morgan fingerprint density at radius 2 is 1.87 bits per heavy atom. The molecule has 2 heterocycles. The molecule has 1 saturated heterocycles. The minimum atomic E-state index is -0.261. The molecule has 0 saturated carbocycles.